The third-order valence-corrected chi connectivity index (χ3v) is 3.12. The van der Waals surface area contributed by atoms with Crippen LogP contribution in [0.25, 0.3) is 0 Å². The summed E-state index contributed by atoms with van der Waals surface area (Å²) in [7, 11) is 3.51. The molecule has 0 spiro atoms. The van der Waals surface area contributed by atoms with Gasteiger partial charge in [0.15, 0.2) is 5.96 Å². The molecule has 0 radical (unpaired) electrons. The molecular weight excluding hydrogens is 377 g/mol. The van der Waals surface area contributed by atoms with Gasteiger partial charge in [0, 0.05) is 20.1 Å². The second kappa shape index (κ2) is 12.7. The molecule has 2 N–H and O–H groups in total. The number of unbranched alkanes of at least 4 members (excludes halogenated alkanes) is 1. The minimum absolute atomic E-state index is 0. The summed E-state index contributed by atoms with van der Waals surface area (Å²) in [4.78, 5) is 4.21. The number of ether oxygens (including phenoxy) is 1. The quantitative estimate of drug-likeness (QED) is 0.302. The van der Waals surface area contributed by atoms with Crippen LogP contribution in [0, 0.1) is 0 Å². The van der Waals surface area contributed by atoms with E-state index in [0.717, 1.165) is 37.6 Å². The van der Waals surface area contributed by atoms with Crippen LogP contribution in [0.15, 0.2) is 29.3 Å². The predicted molar refractivity (Wildman–Crippen MR) is 101 cm³/mol. The van der Waals surface area contributed by atoms with Crippen LogP contribution >= 0.6 is 24.0 Å². The Morgan fingerprint density at radius 1 is 1.19 bits per heavy atom. The zero-order valence-electron chi connectivity index (χ0n) is 13.3. The van der Waals surface area contributed by atoms with Gasteiger partial charge in [0.25, 0.3) is 0 Å². The number of aryl methyl sites for hydroxylation is 1. The normalized spacial score (nSPS) is 10.7. The van der Waals surface area contributed by atoms with Crippen molar-refractivity contribution in [1.29, 1.82) is 0 Å². The highest BCUT2D eigenvalue weighted by Crippen LogP contribution is 2.13. The molecule has 21 heavy (non-hydrogen) atoms. The van der Waals surface area contributed by atoms with E-state index in [1.807, 2.05) is 19.2 Å². The summed E-state index contributed by atoms with van der Waals surface area (Å²) in [5.41, 5.74) is 1.31. The summed E-state index contributed by atoms with van der Waals surface area (Å²) in [6, 6.07) is 8.24. The maximum absolute atomic E-state index is 5.23. The molecule has 0 saturated carbocycles. The maximum Gasteiger partial charge on any atom is 0.190 e. The number of benzene rings is 1. The Hall–Kier alpha value is -0.980. The van der Waals surface area contributed by atoms with Gasteiger partial charge in [0.05, 0.1) is 7.11 Å². The fourth-order valence-electron chi connectivity index (χ4n) is 1.93. The number of methoxy groups -OCH3 is 1. The molecule has 0 aliphatic rings. The molecule has 1 aromatic rings. The fourth-order valence-corrected chi connectivity index (χ4v) is 1.93. The largest absolute Gasteiger partial charge is 0.497 e. The molecule has 4 nitrogen and oxygen atoms in total. The van der Waals surface area contributed by atoms with Gasteiger partial charge < -0.3 is 15.4 Å². The average Bonchev–Trinajstić information content (AvgIpc) is 2.50. The van der Waals surface area contributed by atoms with E-state index in [2.05, 4.69) is 34.7 Å². The summed E-state index contributed by atoms with van der Waals surface area (Å²) in [5.74, 6) is 1.82. The van der Waals surface area contributed by atoms with Gasteiger partial charge in [-0.2, -0.15) is 0 Å². The molecule has 1 rings (SSSR count). The first-order chi connectivity index (χ1) is 9.80. The van der Waals surface area contributed by atoms with E-state index in [4.69, 9.17) is 4.74 Å². The molecule has 0 fully saturated rings. The fraction of sp³-hybridized carbons (Fsp3) is 0.562. The first-order valence-electron chi connectivity index (χ1n) is 7.37. The van der Waals surface area contributed by atoms with Crippen molar-refractivity contribution >= 4 is 29.9 Å². The van der Waals surface area contributed by atoms with Crippen molar-refractivity contribution in [2.75, 3.05) is 27.2 Å². The highest BCUT2D eigenvalue weighted by molar-refractivity contribution is 14.0. The molecule has 5 heteroatoms. The number of nitrogens with zero attached hydrogens (tertiary/aromatic N) is 1. The zero-order valence-corrected chi connectivity index (χ0v) is 15.6. The number of hydrogen-bond acceptors (Lipinski definition) is 2. The van der Waals surface area contributed by atoms with Crippen molar-refractivity contribution in [2.45, 2.75) is 32.6 Å². The van der Waals surface area contributed by atoms with Crippen LogP contribution in [-0.4, -0.2) is 33.2 Å². The lowest BCUT2D eigenvalue weighted by molar-refractivity contribution is 0.414. The lowest BCUT2D eigenvalue weighted by Gasteiger charge is -2.11. The first kappa shape index (κ1) is 20.0. The van der Waals surface area contributed by atoms with Gasteiger partial charge >= 0.3 is 0 Å². The smallest absolute Gasteiger partial charge is 0.190 e. The molecule has 0 aliphatic carbocycles. The topological polar surface area (TPSA) is 45.7 Å². The van der Waals surface area contributed by atoms with Gasteiger partial charge in [0.1, 0.15) is 5.75 Å². The molecule has 0 heterocycles. The van der Waals surface area contributed by atoms with E-state index in [1.165, 1.54) is 18.4 Å². The monoisotopic (exact) mass is 405 g/mol. The van der Waals surface area contributed by atoms with Crippen LogP contribution in [0.4, 0.5) is 0 Å². The van der Waals surface area contributed by atoms with Crippen molar-refractivity contribution in [3.8, 4) is 5.75 Å². The second-order valence-electron chi connectivity index (χ2n) is 4.73. The summed E-state index contributed by atoms with van der Waals surface area (Å²) < 4.78 is 5.23. The number of hydrogen-bond donors (Lipinski definition) is 2. The molecule has 0 aliphatic heterocycles. The number of rotatable bonds is 8. The average molecular weight is 405 g/mol. The van der Waals surface area contributed by atoms with Crippen molar-refractivity contribution in [1.82, 2.24) is 10.6 Å². The van der Waals surface area contributed by atoms with Crippen LogP contribution in [0.3, 0.4) is 0 Å². The third kappa shape index (κ3) is 8.80. The van der Waals surface area contributed by atoms with E-state index in [0.29, 0.717) is 0 Å². The van der Waals surface area contributed by atoms with Crippen LogP contribution in [0.1, 0.15) is 31.7 Å². The van der Waals surface area contributed by atoms with Crippen LogP contribution in [0.2, 0.25) is 0 Å². The van der Waals surface area contributed by atoms with Gasteiger partial charge in [-0.3, -0.25) is 4.99 Å². The van der Waals surface area contributed by atoms with Crippen molar-refractivity contribution in [3.05, 3.63) is 29.8 Å². The van der Waals surface area contributed by atoms with Crippen molar-refractivity contribution in [2.24, 2.45) is 4.99 Å². The Kier molecular flexibility index (Phi) is 12.1. The van der Waals surface area contributed by atoms with E-state index in [9.17, 15) is 0 Å². The van der Waals surface area contributed by atoms with Crippen LogP contribution in [-0.2, 0) is 6.42 Å². The first-order valence-corrected chi connectivity index (χ1v) is 7.37. The summed E-state index contributed by atoms with van der Waals surface area (Å²) >= 11 is 0. The Bertz CT molecular complexity index is 410. The van der Waals surface area contributed by atoms with Crippen LogP contribution in [0.5, 0.6) is 5.75 Å². The standard InChI is InChI=1S/C16H27N3O.HI/c1-4-5-11-18-16(17-2)19-12-7-9-14-8-6-10-15(13-14)20-3;/h6,8,10,13H,4-5,7,9,11-12H2,1-3H3,(H2,17,18,19);1H. The zero-order chi connectivity index (χ0) is 14.6. The SMILES string of the molecule is CCCCNC(=NC)NCCCc1cccc(OC)c1.I. The summed E-state index contributed by atoms with van der Waals surface area (Å²) in [6.07, 6.45) is 4.47. The van der Waals surface area contributed by atoms with E-state index in [1.54, 1.807) is 7.11 Å². The minimum atomic E-state index is 0. The number of halogens is 1. The molecule has 0 bridgehead atoms. The second-order valence-corrected chi connectivity index (χ2v) is 4.73. The van der Waals surface area contributed by atoms with Crippen molar-refractivity contribution < 1.29 is 4.74 Å². The summed E-state index contributed by atoms with van der Waals surface area (Å²) in [5, 5.41) is 6.64. The Balaban J connectivity index is 0.00000400. The molecule has 0 amide bonds. The molecule has 0 unspecified atom stereocenters. The van der Waals surface area contributed by atoms with Gasteiger partial charge in [-0.1, -0.05) is 25.5 Å². The molecule has 1 aromatic carbocycles. The van der Waals surface area contributed by atoms with Gasteiger partial charge in [-0.05, 0) is 37.0 Å². The van der Waals surface area contributed by atoms with Gasteiger partial charge in [0.2, 0.25) is 0 Å². The van der Waals surface area contributed by atoms with Crippen molar-refractivity contribution in [3.63, 3.8) is 0 Å². The Labute approximate surface area is 145 Å². The molecule has 0 atom stereocenters. The lowest BCUT2D eigenvalue weighted by atomic mass is 10.1. The van der Waals surface area contributed by atoms with Crippen LogP contribution < -0.4 is 15.4 Å². The Morgan fingerprint density at radius 2 is 1.90 bits per heavy atom. The van der Waals surface area contributed by atoms with Gasteiger partial charge in [-0.25, -0.2) is 0 Å². The van der Waals surface area contributed by atoms with Gasteiger partial charge in [-0.15, -0.1) is 24.0 Å². The van der Waals surface area contributed by atoms with E-state index >= 15 is 0 Å². The minimum Gasteiger partial charge on any atom is -0.497 e. The Morgan fingerprint density at radius 3 is 2.52 bits per heavy atom. The molecule has 120 valence electrons. The van der Waals surface area contributed by atoms with E-state index < -0.39 is 0 Å². The molecular formula is C16H28IN3O. The molecule has 0 saturated heterocycles. The third-order valence-electron chi connectivity index (χ3n) is 3.12. The maximum atomic E-state index is 5.23. The summed E-state index contributed by atoms with van der Waals surface area (Å²) in [6.45, 7) is 4.08. The predicted octanol–water partition coefficient (Wildman–Crippen LogP) is 3.21. The number of nitrogens with one attached hydrogen (secondary N) is 2. The van der Waals surface area contributed by atoms with E-state index in [-0.39, 0.29) is 24.0 Å². The highest BCUT2D eigenvalue weighted by atomic mass is 127. The number of aliphatic imine (C=N–C) groups is 1. The lowest BCUT2D eigenvalue weighted by Crippen LogP contribution is -2.38. The molecule has 0 aromatic heterocycles. The highest BCUT2D eigenvalue weighted by Gasteiger charge is 1.98. The number of guanidine groups is 1.